The van der Waals surface area contributed by atoms with Crippen molar-refractivity contribution in [2.45, 2.75) is 13.0 Å². The van der Waals surface area contributed by atoms with E-state index in [4.69, 9.17) is 4.74 Å². The maximum Gasteiger partial charge on any atom is 0.143 e. The maximum atomic E-state index is 9.90. The van der Waals surface area contributed by atoms with Gasteiger partial charge in [-0.05, 0) is 31.2 Å². The van der Waals surface area contributed by atoms with Gasteiger partial charge in [-0.15, -0.1) is 0 Å². The number of benzene rings is 2. The van der Waals surface area contributed by atoms with E-state index in [1.807, 2.05) is 0 Å². The molecule has 1 unspecified atom stereocenters. The van der Waals surface area contributed by atoms with Crippen LogP contribution >= 0.6 is 0 Å². The number of phenolic OH excluding ortho intramolecular Hbond substituents is 2. The molecule has 5 heteroatoms. The second-order valence-electron chi connectivity index (χ2n) is 4.57. The number of phenols is 2. The molecule has 108 valence electrons. The van der Waals surface area contributed by atoms with Gasteiger partial charge in [0.15, 0.2) is 0 Å². The van der Waals surface area contributed by atoms with Crippen molar-refractivity contribution in [1.82, 2.24) is 0 Å². The number of nitrogens with zero attached hydrogens (tertiary/aromatic N) is 1. The third-order valence-corrected chi connectivity index (χ3v) is 3.22. The summed E-state index contributed by atoms with van der Waals surface area (Å²) in [4.78, 5) is 0. The van der Waals surface area contributed by atoms with Crippen LogP contribution < -0.4 is 10.1 Å². The summed E-state index contributed by atoms with van der Waals surface area (Å²) in [6.07, 6.45) is 0. The second-order valence-corrected chi connectivity index (χ2v) is 4.57. The fourth-order valence-corrected chi connectivity index (χ4v) is 2.22. The molecule has 1 atom stereocenters. The standard InChI is InChI=1S/C16H16N2O3/c1-10(15-12(19)6-4-7-13(15)20)18-16-11(9-17)5-3-8-14(16)21-2/h3-8,10,18-20H,1-2H3. The lowest BCUT2D eigenvalue weighted by Crippen LogP contribution is -2.09. The van der Waals surface area contributed by atoms with E-state index in [0.29, 0.717) is 22.6 Å². The van der Waals surface area contributed by atoms with Gasteiger partial charge in [0.05, 0.1) is 30.0 Å². The van der Waals surface area contributed by atoms with E-state index < -0.39 is 6.04 Å². The van der Waals surface area contributed by atoms with Crippen LogP contribution in [0.1, 0.15) is 24.1 Å². The first kappa shape index (κ1) is 14.5. The van der Waals surface area contributed by atoms with Gasteiger partial charge in [0.1, 0.15) is 23.3 Å². The molecule has 0 aliphatic carbocycles. The highest BCUT2D eigenvalue weighted by atomic mass is 16.5. The van der Waals surface area contributed by atoms with Crippen LogP contribution in [0, 0.1) is 11.3 Å². The van der Waals surface area contributed by atoms with Crippen LogP contribution in [0.2, 0.25) is 0 Å². The normalized spacial score (nSPS) is 11.5. The maximum absolute atomic E-state index is 9.90. The van der Waals surface area contributed by atoms with Crippen molar-refractivity contribution in [3.05, 3.63) is 47.5 Å². The average molecular weight is 284 g/mol. The molecule has 2 aromatic carbocycles. The third-order valence-electron chi connectivity index (χ3n) is 3.22. The monoisotopic (exact) mass is 284 g/mol. The van der Waals surface area contributed by atoms with E-state index in [1.165, 1.54) is 19.2 Å². The van der Waals surface area contributed by atoms with E-state index in [2.05, 4.69) is 11.4 Å². The first-order valence-corrected chi connectivity index (χ1v) is 6.43. The zero-order valence-electron chi connectivity index (χ0n) is 11.8. The Balaban J connectivity index is 2.41. The molecule has 0 heterocycles. The number of nitriles is 1. The van der Waals surface area contributed by atoms with Crippen molar-refractivity contribution in [2.24, 2.45) is 0 Å². The summed E-state index contributed by atoms with van der Waals surface area (Å²) in [5.74, 6) is 0.502. The molecule has 0 aromatic heterocycles. The van der Waals surface area contributed by atoms with Gasteiger partial charge in [-0.25, -0.2) is 0 Å². The Morgan fingerprint density at radius 3 is 2.33 bits per heavy atom. The average Bonchev–Trinajstić information content (AvgIpc) is 2.47. The van der Waals surface area contributed by atoms with Gasteiger partial charge in [0, 0.05) is 0 Å². The predicted octanol–water partition coefficient (Wildman–Crippen LogP) is 3.15. The highest BCUT2D eigenvalue weighted by Gasteiger charge is 2.18. The zero-order valence-corrected chi connectivity index (χ0v) is 11.8. The van der Waals surface area contributed by atoms with Gasteiger partial charge in [0.25, 0.3) is 0 Å². The summed E-state index contributed by atoms with van der Waals surface area (Å²) >= 11 is 0. The number of anilines is 1. The van der Waals surface area contributed by atoms with Crippen LogP contribution in [-0.2, 0) is 0 Å². The molecule has 0 amide bonds. The van der Waals surface area contributed by atoms with Gasteiger partial charge in [-0.3, -0.25) is 0 Å². The van der Waals surface area contributed by atoms with Crippen molar-refractivity contribution in [2.75, 3.05) is 12.4 Å². The molecule has 0 radical (unpaired) electrons. The Morgan fingerprint density at radius 2 is 1.76 bits per heavy atom. The summed E-state index contributed by atoms with van der Waals surface area (Å²) in [6.45, 7) is 1.78. The smallest absolute Gasteiger partial charge is 0.143 e. The Hall–Kier alpha value is -2.87. The number of para-hydroxylation sites is 1. The van der Waals surface area contributed by atoms with E-state index in [-0.39, 0.29) is 11.5 Å². The molecular formula is C16H16N2O3. The minimum atomic E-state index is -0.408. The summed E-state index contributed by atoms with van der Waals surface area (Å²) in [5.41, 5.74) is 1.32. The second kappa shape index (κ2) is 6.06. The fraction of sp³-hybridized carbons (Fsp3) is 0.188. The third kappa shape index (κ3) is 2.84. The molecule has 2 aromatic rings. The molecule has 2 rings (SSSR count). The minimum absolute atomic E-state index is 0.0107. The molecule has 0 bridgehead atoms. The molecule has 0 fully saturated rings. The first-order chi connectivity index (χ1) is 10.1. The Kier molecular flexibility index (Phi) is 4.19. The SMILES string of the molecule is COc1cccc(C#N)c1NC(C)c1c(O)cccc1O. The number of aromatic hydroxyl groups is 2. The van der Waals surface area contributed by atoms with Crippen molar-refractivity contribution in [1.29, 1.82) is 5.26 Å². The van der Waals surface area contributed by atoms with Gasteiger partial charge in [-0.1, -0.05) is 12.1 Å². The minimum Gasteiger partial charge on any atom is -0.507 e. The van der Waals surface area contributed by atoms with Crippen LogP contribution in [0.25, 0.3) is 0 Å². The Morgan fingerprint density at radius 1 is 1.14 bits per heavy atom. The molecule has 5 nitrogen and oxygen atoms in total. The molecule has 0 spiro atoms. The number of nitrogens with one attached hydrogen (secondary N) is 1. The van der Waals surface area contributed by atoms with E-state index in [9.17, 15) is 15.5 Å². The predicted molar refractivity (Wildman–Crippen MR) is 79.5 cm³/mol. The Bertz CT molecular complexity index is 672. The van der Waals surface area contributed by atoms with Gasteiger partial charge in [-0.2, -0.15) is 5.26 Å². The summed E-state index contributed by atoms with van der Waals surface area (Å²) in [5, 5.41) is 32.1. The van der Waals surface area contributed by atoms with Crippen molar-refractivity contribution in [3.8, 4) is 23.3 Å². The molecule has 0 aliphatic heterocycles. The number of methoxy groups -OCH3 is 1. The van der Waals surface area contributed by atoms with Crippen molar-refractivity contribution in [3.63, 3.8) is 0 Å². The van der Waals surface area contributed by atoms with Gasteiger partial charge < -0.3 is 20.3 Å². The van der Waals surface area contributed by atoms with Gasteiger partial charge in [0.2, 0.25) is 0 Å². The fourth-order valence-electron chi connectivity index (χ4n) is 2.22. The van der Waals surface area contributed by atoms with Crippen LogP contribution in [0.5, 0.6) is 17.2 Å². The number of hydrogen-bond acceptors (Lipinski definition) is 5. The summed E-state index contributed by atoms with van der Waals surface area (Å²) in [6, 6.07) is 11.4. The van der Waals surface area contributed by atoms with Crippen LogP contribution in [0.15, 0.2) is 36.4 Å². The van der Waals surface area contributed by atoms with E-state index in [0.717, 1.165) is 0 Å². The molecule has 0 saturated heterocycles. The summed E-state index contributed by atoms with van der Waals surface area (Å²) in [7, 11) is 1.52. The highest BCUT2D eigenvalue weighted by molar-refractivity contribution is 5.67. The molecule has 21 heavy (non-hydrogen) atoms. The number of ether oxygens (including phenoxy) is 1. The highest BCUT2D eigenvalue weighted by Crippen LogP contribution is 2.37. The largest absolute Gasteiger partial charge is 0.507 e. The molecule has 0 saturated carbocycles. The zero-order chi connectivity index (χ0) is 15.4. The molecular weight excluding hydrogens is 268 g/mol. The lowest BCUT2D eigenvalue weighted by atomic mass is 10.0. The van der Waals surface area contributed by atoms with Crippen LogP contribution in [-0.4, -0.2) is 17.3 Å². The van der Waals surface area contributed by atoms with E-state index >= 15 is 0 Å². The van der Waals surface area contributed by atoms with Crippen LogP contribution in [0.3, 0.4) is 0 Å². The number of hydrogen-bond donors (Lipinski definition) is 3. The van der Waals surface area contributed by atoms with E-state index in [1.54, 1.807) is 31.2 Å². The topological polar surface area (TPSA) is 85.5 Å². The summed E-state index contributed by atoms with van der Waals surface area (Å²) < 4.78 is 5.25. The molecule has 3 N–H and O–H groups in total. The van der Waals surface area contributed by atoms with Crippen molar-refractivity contribution < 1.29 is 14.9 Å². The lowest BCUT2D eigenvalue weighted by molar-refractivity contribution is 0.415. The van der Waals surface area contributed by atoms with Crippen molar-refractivity contribution >= 4 is 5.69 Å². The lowest BCUT2D eigenvalue weighted by Gasteiger charge is -2.20. The van der Waals surface area contributed by atoms with Gasteiger partial charge >= 0.3 is 0 Å². The number of rotatable bonds is 4. The Labute approximate surface area is 123 Å². The molecule has 0 aliphatic rings. The van der Waals surface area contributed by atoms with Crippen LogP contribution in [0.4, 0.5) is 5.69 Å². The quantitative estimate of drug-likeness (QED) is 0.803. The first-order valence-electron chi connectivity index (χ1n) is 6.43.